The van der Waals surface area contributed by atoms with Gasteiger partial charge in [0.05, 0.1) is 16.3 Å². The Labute approximate surface area is 115 Å². The molecule has 0 atom stereocenters. The number of amides is 1. The Kier molecular flexibility index (Phi) is 4.20. The van der Waals surface area contributed by atoms with E-state index in [9.17, 15) is 4.79 Å². The third-order valence-corrected chi connectivity index (χ3v) is 2.71. The van der Waals surface area contributed by atoms with Gasteiger partial charge in [0, 0.05) is 31.6 Å². The first-order valence-electron chi connectivity index (χ1n) is 5.56. The van der Waals surface area contributed by atoms with Gasteiger partial charge >= 0.3 is 0 Å². The van der Waals surface area contributed by atoms with Gasteiger partial charge in [-0.25, -0.2) is 5.48 Å². The molecule has 0 saturated carbocycles. The summed E-state index contributed by atoms with van der Waals surface area (Å²) in [7, 11) is 1.54. The van der Waals surface area contributed by atoms with E-state index in [1.54, 1.807) is 49.8 Å². The van der Waals surface area contributed by atoms with E-state index in [2.05, 4.69) is 15.8 Å². The zero-order chi connectivity index (χ0) is 13.7. The van der Waals surface area contributed by atoms with E-state index in [4.69, 9.17) is 16.4 Å². The minimum atomic E-state index is -0.286. The lowest BCUT2D eigenvalue weighted by molar-refractivity contribution is 0.0963. The lowest BCUT2D eigenvalue weighted by Gasteiger charge is -2.12. The van der Waals surface area contributed by atoms with Crippen LogP contribution in [0.4, 0.5) is 5.69 Å². The zero-order valence-electron chi connectivity index (χ0n) is 10.2. The van der Waals surface area contributed by atoms with E-state index in [-0.39, 0.29) is 5.91 Å². The monoisotopic (exact) mass is 277 g/mol. The fourth-order valence-electron chi connectivity index (χ4n) is 1.49. The smallest absolute Gasteiger partial charge is 0.254 e. The van der Waals surface area contributed by atoms with Gasteiger partial charge in [-0.3, -0.25) is 9.78 Å². The SMILES string of the molecule is CNC(=O)c1c(Cl)cccc1NOc1ccncc1. The maximum absolute atomic E-state index is 11.8. The molecule has 0 fully saturated rings. The van der Waals surface area contributed by atoms with Gasteiger partial charge in [-0.15, -0.1) is 0 Å². The fourth-order valence-corrected chi connectivity index (χ4v) is 1.75. The van der Waals surface area contributed by atoms with Crippen molar-refractivity contribution in [2.45, 2.75) is 0 Å². The van der Waals surface area contributed by atoms with Crippen molar-refractivity contribution in [2.24, 2.45) is 0 Å². The Morgan fingerprint density at radius 3 is 2.68 bits per heavy atom. The van der Waals surface area contributed by atoms with Crippen LogP contribution in [0.2, 0.25) is 5.02 Å². The fraction of sp³-hybridized carbons (Fsp3) is 0.0769. The summed E-state index contributed by atoms with van der Waals surface area (Å²) in [6.45, 7) is 0. The maximum Gasteiger partial charge on any atom is 0.254 e. The van der Waals surface area contributed by atoms with Crippen LogP contribution < -0.4 is 15.6 Å². The van der Waals surface area contributed by atoms with Crippen LogP contribution in [0.15, 0.2) is 42.7 Å². The lowest BCUT2D eigenvalue weighted by Crippen LogP contribution is -2.21. The molecule has 0 unspecified atom stereocenters. The molecule has 0 aliphatic carbocycles. The van der Waals surface area contributed by atoms with E-state index in [1.165, 1.54) is 0 Å². The largest absolute Gasteiger partial charge is 0.382 e. The summed E-state index contributed by atoms with van der Waals surface area (Å²) in [5, 5.41) is 2.88. The van der Waals surface area contributed by atoms with Crippen molar-refractivity contribution in [1.82, 2.24) is 10.3 Å². The van der Waals surface area contributed by atoms with E-state index >= 15 is 0 Å². The summed E-state index contributed by atoms with van der Waals surface area (Å²) >= 11 is 6.02. The van der Waals surface area contributed by atoms with Crippen LogP contribution in [0, 0.1) is 0 Å². The van der Waals surface area contributed by atoms with Crippen molar-refractivity contribution >= 4 is 23.2 Å². The predicted octanol–water partition coefficient (Wildman–Crippen LogP) is 2.50. The molecule has 0 saturated heterocycles. The molecule has 5 nitrogen and oxygen atoms in total. The molecule has 2 aromatic rings. The molecule has 0 spiro atoms. The molecule has 19 heavy (non-hydrogen) atoms. The third-order valence-electron chi connectivity index (χ3n) is 2.40. The molecule has 2 rings (SSSR count). The normalized spacial score (nSPS) is 9.79. The highest BCUT2D eigenvalue weighted by atomic mass is 35.5. The number of carbonyl (C=O) groups excluding carboxylic acids is 1. The van der Waals surface area contributed by atoms with Gasteiger partial charge < -0.3 is 10.2 Å². The van der Waals surface area contributed by atoms with Crippen LogP contribution in [-0.2, 0) is 0 Å². The van der Waals surface area contributed by atoms with Crippen LogP contribution in [0.5, 0.6) is 5.75 Å². The summed E-state index contributed by atoms with van der Waals surface area (Å²) in [6, 6.07) is 8.46. The zero-order valence-corrected chi connectivity index (χ0v) is 10.9. The molecule has 1 heterocycles. The number of nitrogens with zero attached hydrogens (tertiary/aromatic N) is 1. The Hall–Kier alpha value is -2.27. The molecule has 0 bridgehead atoms. The van der Waals surface area contributed by atoms with Crippen LogP contribution in [0.25, 0.3) is 0 Å². The highest BCUT2D eigenvalue weighted by molar-refractivity contribution is 6.34. The highest BCUT2D eigenvalue weighted by Crippen LogP contribution is 2.24. The molecular formula is C13H12ClN3O2. The summed E-state index contributed by atoms with van der Waals surface area (Å²) < 4.78 is 0. The minimum Gasteiger partial charge on any atom is -0.382 e. The number of anilines is 1. The molecule has 0 radical (unpaired) electrons. The molecule has 0 aliphatic heterocycles. The van der Waals surface area contributed by atoms with Gasteiger partial charge in [-0.1, -0.05) is 17.7 Å². The maximum atomic E-state index is 11.8. The predicted molar refractivity (Wildman–Crippen MR) is 73.3 cm³/mol. The van der Waals surface area contributed by atoms with Gasteiger partial charge in [-0.05, 0) is 12.1 Å². The summed E-state index contributed by atoms with van der Waals surface area (Å²) in [4.78, 5) is 21.0. The Bertz CT molecular complexity index is 575. The first kappa shape index (κ1) is 13.2. The molecule has 6 heteroatoms. The second-order valence-corrected chi connectivity index (χ2v) is 4.04. The molecule has 2 N–H and O–H groups in total. The average Bonchev–Trinajstić information content (AvgIpc) is 2.45. The van der Waals surface area contributed by atoms with Gasteiger partial charge in [0.2, 0.25) is 0 Å². The molecule has 1 aromatic carbocycles. The van der Waals surface area contributed by atoms with Crippen LogP contribution in [0.1, 0.15) is 10.4 Å². The average molecular weight is 278 g/mol. The van der Waals surface area contributed by atoms with Crippen molar-refractivity contribution in [3.63, 3.8) is 0 Å². The molecular weight excluding hydrogens is 266 g/mol. The molecule has 1 aromatic heterocycles. The van der Waals surface area contributed by atoms with Crippen molar-refractivity contribution in [3.8, 4) is 5.75 Å². The number of halogens is 1. The summed E-state index contributed by atoms with van der Waals surface area (Å²) in [5.74, 6) is 0.296. The number of rotatable bonds is 4. The van der Waals surface area contributed by atoms with E-state index in [0.717, 1.165) is 0 Å². The van der Waals surface area contributed by atoms with E-state index in [1.807, 2.05) is 0 Å². The van der Waals surface area contributed by atoms with Gasteiger partial charge in [0.1, 0.15) is 0 Å². The quantitative estimate of drug-likeness (QED) is 0.843. The standard InChI is InChI=1S/C13H12ClN3O2/c1-15-13(18)12-10(14)3-2-4-11(12)17-19-9-5-7-16-8-6-9/h2-8,17H,1H3,(H,15,18). The Morgan fingerprint density at radius 1 is 1.26 bits per heavy atom. The van der Waals surface area contributed by atoms with Crippen LogP contribution in [0.3, 0.4) is 0 Å². The minimum absolute atomic E-state index is 0.286. The van der Waals surface area contributed by atoms with Crippen LogP contribution in [-0.4, -0.2) is 17.9 Å². The lowest BCUT2D eigenvalue weighted by atomic mass is 10.1. The van der Waals surface area contributed by atoms with Crippen molar-refractivity contribution in [3.05, 3.63) is 53.3 Å². The number of aromatic nitrogens is 1. The number of hydrogen-bond donors (Lipinski definition) is 2. The van der Waals surface area contributed by atoms with Crippen molar-refractivity contribution in [2.75, 3.05) is 12.5 Å². The van der Waals surface area contributed by atoms with Crippen molar-refractivity contribution in [1.29, 1.82) is 0 Å². The van der Waals surface area contributed by atoms with Gasteiger partial charge in [0.25, 0.3) is 5.91 Å². The topological polar surface area (TPSA) is 63.2 Å². The summed E-state index contributed by atoms with van der Waals surface area (Å²) in [6.07, 6.45) is 3.21. The first-order valence-corrected chi connectivity index (χ1v) is 5.93. The van der Waals surface area contributed by atoms with E-state index < -0.39 is 0 Å². The van der Waals surface area contributed by atoms with Crippen molar-refractivity contribution < 1.29 is 9.63 Å². The number of carbonyl (C=O) groups is 1. The third kappa shape index (κ3) is 3.14. The highest BCUT2D eigenvalue weighted by Gasteiger charge is 2.14. The summed E-state index contributed by atoms with van der Waals surface area (Å²) in [5.41, 5.74) is 3.54. The molecule has 0 aliphatic rings. The first-order chi connectivity index (χ1) is 9.22. The second-order valence-electron chi connectivity index (χ2n) is 3.63. The Balaban J connectivity index is 2.21. The Morgan fingerprint density at radius 2 is 2.00 bits per heavy atom. The number of benzene rings is 1. The molecule has 1 amide bonds. The number of hydrogen-bond acceptors (Lipinski definition) is 4. The number of pyridine rings is 1. The van der Waals surface area contributed by atoms with Gasteiger partial charge in [0.15, 0.2) is 5.75 Å². The second kappa shape index (κ2) is 6.06. The van der Waals surface area contributed by atoms with E-state index in [0.29, 0.717) is 22.0 Å². The van der Waals surface area contributed by atoms with Crippen LogP contribution >= 0.6 is 11.6 Å². The molecule has 98 valence electrons. The number of nitrogens with one attached hydrogen (secondary N) is 2. The van der Waals surface area contributed by atoms with Gasteiger partial charge in [-0.2, -0.15) is 0 Å².